The summed E-state index contributed by atoms with van der Waals surface area (Å²) >= 11 is 6.18. The number of amides is 3. The fraction of sp³-hybridized carbons (Fsp3) is 0.550. The Morgan fingerprint density at radius 2 is 1.79 bits per heavy atom. The van der Waals surface area contributed by atoms with E-state index in [9.17, 15) is 14.4 Å². The molecule has 0 atom stereocenters. The van der Waals surface area contributed by atoms with E-state index in [4.69, 9.17) is 16.3 Å². The highest BCUT2D eigenvalue weighted by atomic mass is 35.5. The molecule has 3 N–H and O–H groups in total. The highest BCUT2D eigenvalue weighted by molar-refractivity contribution is 6.34. The number of halogens is 1. The van der Waals surface area contributed by atoms with Gasteiger partial charge >= 0.3 is 12.0 Å². The summed E-state index contributed by atoms with van der Waals surface area (Å²) in [6.45, 7) is 8.46. The van der Waals surface area contributed by atoms with Crippen LogP contribution >= 0.6 is 11.6 Å². The van der Waals surface area contributed by atoms with Gasteiger partial charge in [-0.3, -0.25) is 9.59 Å². The van der Waals surface area contributed by atoms with Crippen LogP contribution in [0.15, 0.2) is 18.2 Å². The number of esters is 1. The van der Waals surface area contributed by atoms with Crippen molar-refractivity contribution in [3.8, 4) is 0 Å². The monoisotopic (exact) mass is 411 g/mol. The van der Waals surface area contributed by atoms with Gasteiger partial charge in [0.25, 0.3) is 5.91 Å². The summed E-state index contributed by atoms with van der Waals surface area (Å²) in [4.78, 5) is 36.4. The standard InChI is InChI=1S/C20H30ClN3O4/c1-6-20(7-2,18(26)28-5)12-23-19(27)24-14-8-9-15(16(21)10-14)17(25)22-11-13(3)4/h8-10,13H,6-7,11-12H2,1-5H3,(H,22,25)(H2,23,24,27). The highest BCUT2D eigenvalue weighted by Crippen LogP contribution is 2.27. The number of rotatable bonds is 9. The molecular weight excluding hydrogens is 382 g/mol. The molecule has 156 valence electrons. The van der Waals surface area contributed by atoms with Crippen molar-refractivity contribution in [1.82, 2.24) is 10.6 Å². The third kappa shape index (κ3) is 6.41. The molecule has 8 heteroatoms. The lowest BCUT2D eigenvalue weighted by Gasteiger charge is -2.28. The normalized spacial score (nSPS) is 11.1. The van der Waals surface area contributed by atoms with E-state index in [-0.39, 0.29) is 23.4 Å². The van der Waals surface area contributed by atoms with E-state index in [1.165, 1.54) is 13.2 Å². The fourth-order valence-corrected chi connectivity index (χ4v) is 2.94. The molecule has 1 rings (SSSR count). The third-order valence-corrected chi connectivity index (χ3v) is 5.01. The maximum atomic E-state index is 12.2. The average molecular weight is 412 g/mol. The summed E-state index contributed by atoms with van der Waals surface area (Å²) in [5.74, 6) is -0.281. The maximum absolute atomic E-state index is 12.2. The quantitative estimate of drug-likeness (QED) is 0.538. The number of ether oxygens (including phenoxy) is 1. The Labute approximate surface area is 171 Å². The van der Waals surface area contributed by atoms with Gasteiger partial charge in [0.15, 0.2) is 0 Å². The molecule has 0 heterocycles. The topological polar surface area (TPSA) is 96.5 Å². The van der Waals surface area contributed by atoms with Gasteiger partial charge in [-0.2, -0.15) is 0 Å². The Balaban J connectivity index is 2.73. The Morgan fingerprint density at radius 3 is 2.29 bits per heavy atom. The van der Waals surface area contributed by atoms with Gasteiger partial charge in [0.2, 0.25) is 0 Å². The molecule has 7 nitrogen and oxygen atoms in total. The molecule has 1 aromatic rings. The van der Waals surface area contributed by atoms with Crippen molar-refractivity contribution in [2.24, 2.45) is 11.3 Å². The maximum Gasteiger partial charge on any atom is 0.319 e. The van der Waals surface area contributed by atoms with Crippen molar-refractivity contribution in [3.05, 3.63) is 28.8 Å². The Kier molecular flexibility index (Phi) is 9.25. The van der Waals surface area contributed by atoms with Gasteiger partial charge in [-0.1, -0.05) is 39.3 Å². The molecule has 3 amide bonds. The number of carbonyl (C=O) groups is 3. The smallest absolute Gasteiger partial charge is 0.319 e. The Hall–Kier alpha value is -2.28. The van der Waals surface area contributed by atoms with E-state index < -0.39 is 11.4 Å². The van der Waals surface area contributed by atoms with E-state index in [2.05, 4.69) is 16.0 Å². The van der Waals surface area contributed by atoms with E-state index >= 15 is 0 Å². The molecule has 0 bridgehead atoms. The first-order valence-corrected chi connectivity index (χ1v) is 9.77. The summed E-state index contributed by atoms with van der Waals surface area (Å²) in [5, 5.41) is 8.40. The van der Waals surface area contributed by atoms with Crippen LogP contribution in [0.5, 0.6) is 0 Å². The summed E-state index contributed by atoms with van der Waals surface area (Å²) in [6.07, 6.45) is 1.09. The second kappa shape index (κ2) is 10.9. The van der Waals surface area contributed by atoms with Gasteiger partial charge in [0.05, 0.1) is 23.1 Å². The van der Waals surface area contributed by atoms with Crippen molar-refractivity contribution in [3.63, 3.8) is 0 Å². The molecule has 0 saturated carbocycles. The van der Waals surface area contributed by atoms with Crippen molar-refractivity contribution < 1.29 is 19.1 Å². The lowest BCUT2D eigenvalue weighted by atomic mass is 9.82. The van der Waals surface area contributed by atoms with Crippen LogP contribution in [0.4, 0.5) is 10.5 Å². The SMILES string of the molecule is CCC(CC)(CNC(=O)Nc1ccc(C(=O)NCC(C)C)c(Cl)c1)C(=O)OC. The number of anilines is 1. The van der Waals surface area contributed by atoms with Crippen LogP contribution in [0.3, 0.4) is 0 Å². The molecule has 28 heavy (non-hydrogen) atoms. The molecule has 0 unspecified atom stereocenters. The van der Waals surface area contributed by atoms with Gasteiger partial charge < -0.3 is 20.7 Å². The number of methoxy groups -OCH3 is 1. The second-order valence-corrected chi connectivity index (χ2v) is 7.49. The number of urea groups is 1. The molecule has 0 aromatic heterocycles. The van der Waals surface area contributed by atoms with Gasteiger partial charge in [-0.05, 0) is 37.0 Å². The molecule has 0 saturated heterocycles. The van der Waals surface area contributed by atoms with Gasteiger partial charge in [0, 0.05) is 18.8 Å². The van der Waals surface area contributed by atoms with Gasteiger partial charge in [-0.15, -0.1) is 0 Å². The number of benzene rings is 1. The highest BCUT2D eigenvalue weighted by Gasteiger charge is 2.36. The number of nitrogens with one attached hydrogen (secondary N) is 3. The number of hydrogen-bond acceptors (Lipinski definition) is 4. The van der Waals surface area contributed by atoms with E-state index in [0.29, 0.717) is 36.6 Å². The van der Waals surface area contributed by atoms with Crippen molar-refractivity contribution in [1.29, 1.82) is 0 Å². The van der Waals surface area contributed by atoms with Crippen LogP contribution in [0.2, 0.25) is 5.02 Å². The minimum absolute atomic E-state index is 0.155. The van der Waals surface area contributed by atoms with Crippen LogP contribution < -0.4 is 16.0 Å². The molecule has 0 fully saturated rings. The predicted molar refractivity (Wildman–Crippen MR) is 111 cm³/mol. The average Bonchev–Trinajstić information content (AvgIpc) is 2.67. The fourth-order valence-electron chi connectivity index (χ4n) is 2.67. The minimum Gasteiger partial charge on any atom is -0.469 e. The van der Waals surface area contributed by atoms with Gasteiger partial charge in [-0.25, -0.2) is 4.79 Å². The van der Waals surface area contributed by atoms with E-state index in [1.807, 2.05) is 27.7 Å². The van der Waals surface area contributed by atoms with Gasteiger partial charge in [0.1, 0.15) is 0 Å². The minimum atomic E-state index is -0.762. The Bertz CT molecular complexity index is 703. The predicted octanol–water partition coefficient (Wildman–Crippen LogP) is 3.83. The number of carbonyl (C=O) groups excluding carboxylic acids is 3. The van der Waals surface area contributed by atoms with Crippen LogP contribution in [0.25, 0.3) is 0 Å². The molecule has 0 radical (unpaired) electrons. The third-order valence-electron chi connectivity index (χ3n) is 4.70. The summed E-state index contributed by atoms with van der Waals surface area (Å²) < 4.78 is 4.87. The lowest BCUT2D eigenvalue weighted by molar-refractivity contribution is -0.152. The molecule has 0 aliphatic heterocycles. The van der Waals surface area contributed by atoms with Crippen LogP contribution in [0.1, 0.15) is 50.9 Å². The molecule has 1 aromatic carbocycles. The van der Waals surface area contributed by atoms with Crippen molar-refractivity contribution in [2.45, 2.75) is 40.5 Å². The zero-order valence-corrected chi connectivity index (χ0v) is 17.9. The zero-order chi connectivity index (χ0) is 21.3. The largest absolute Gasteiger partial charge is 0.469 e. The molecule has 0 spiro atoms. The van der Waals surface area contributed by atoms with Crippen LogP contribution in [-0.2, 0) is 9.53 Å². The molecule has 0 aliphatic rings. The summed E-state index contributed by atoms with van der Waals surface area (Å²) in [5.41, 5.74) is 0.0248. The first kappa shape index (κ1) is 23.8. The lowest BCUT2D eigenvalue weighted by Crippen LogP contribution is -2.44. The first-order chi connectivity index (χ1) is 13.2. The first-order valence-electron chi connectivity index (χ1n) is 9.40. The van der Waals surface area contributed by atoms with Crippen molar-refractivity contribution in [2.75, 3.05) is 25.5 Å². The van der Waals surface area contributed by atoms with E-state index in [1.54, 1.807) is 12.1 Å². The summed E-state index contributed by atoms with van der Waals surface area (Å²) in [7, 11) is 1.34. The van der Waals surface area contributed by atoms with Crippen LogP contribution in [0, 0.1) is 11.3 Å². The zero-order valence-electron chi connectivity index (χ0n) is 17.1. The molecular formula is C20H30ClN3O4. The summed E-state index contributed by atoms with van der Waals surface area (Å²) in [6, 6.07) is 4.20. The van der Waals surface area contributed by atoms with Crippen LogP contribution in [-0.4, -0.2) is 38.1 Å². The molecule has 0 aliphatic carbocycles. The van der Waals surface area contributed by atoms with E-state index in [0.717, 1.165) is 0 Å². The second-order valence-electron chi connectivity index (χ2n) is 7.09. The Morgan fingerprint density at radius 1 is 1.14 bits per heavy atom. The number of hydrogen-bond donors (Lipinski definition) is 3. The van der Waals surface area contributed by atoms with Crippen molar-refractivity contribution >= 4 is 35.2 Å².